The number of fused-ring (bicyclic) bond motifs is 1. The molecule has 0 saturated carbocycles. The van der Waals surface area contributed by atoms with E-state index in [0.717, 1.165) is 22.8 Å². The van der Waals surface area contributed by atoms with E-state index in [4.69, 9.17) is 4.74 Å². The number of benzene rings is 3. The van der Waals surface area contributed by atoms with Gasteiger partial charge in [-0.05, 0) is 59.3 Å². The Morgan fingerprint density at radius 3 is 2.44 bits per heavy atom. The first kappa shape index (κ1) is 15.2. The molecule has 0 amide bonds. The highest BCUT2D eigenvalue weighted by molar-refractivity contribution is 5.87. The van der Waals surface area contributed by atoms with Crippen molar-refractivity contribution < 1.29 is 4.74 Å². The molecule has 4 aromatic rings. The van der Waals surface area contributed by atoms with Crippen molar-refractivity contribution in [1.29, 1.82) is 0 Å². The predicted molar refractivity (Wildman–Crippen MR) is 104 cm³/mol. The van der Waals surface area contributed by atoms with Gasteiger partial charge in [0.25, 0.3) is 0 Å². The van der Waals surface area contributed by atoms with Crippen molar-refractivity contribution in [1.82, 2.24) is 4.57 Å². The Labute approximate surface area is 146 Å². The molecule has 122 valence electrons. The SMILES string of the molecule is COc1ccc(-n2cccc2C=Nc2ccc3ccccc3c2)cc1. The van der Waals surface area contributed by atoms with Gasteiger partial charge in [0.2, 0.25) is 0 Å². The van der Waals surface area contributed by atoms with Crippen LogP contribution in [0.4, 0.5) is 5.69 Å². The van der Waals surface area contributed by atoms with Crippen LogP contribution in [0.25, 0.3) is 16.5 Å². The lowest BCUT2D eigenvalue weighted by Crippen LogP contribution is -1.97. The topological polar surface area (TPSA) is 26.5 Å². The molecule has 0 aliphatic rings. The van der Waals surface area contributed by atoms with E-state index in [9.17, 15) is 0 Å². The maximum atomic E-state index is 5.22. The average Bonchev–Trinajstić information content (AvgIpc) is 3.15. The minimum absolute atomic E-state index is 0.849. The number of hydrogen-bond donors (Lipinski definition) is 0. The molecule has 3 heteroatoms. The van der Waals surface area contributed by atoms with Crippen LogP contribution in [0.5, 0.6) is 5.75 Å². The zero-order valence-corrected chi connectivity index (χ0v) is 14.0. The molecular weight excluding hydrogens is 308 g/mol. The summed E-state index contributed by atoms with van der Waals surface area (Å²) in [6.07, 6.45) is 3.93. The molecule has 0 atom stereocenters. The fourth-order valence-corrected chi connectivity index (χ4v) is 2.87. The summed E-state index contributed by atoms with van der Waals surface area (Å²) in [4.78, 5) is 4.65. The lowest BCUT2D eigenvalue weighted by molar-refractivity contribution is 0.415. The van der Waals surface area contributed by atoms with Crippen molar-refractivity contribution in [2.75, 3.05) is 7.11 Å². The third kappa shape index (κ3) is 3.17. The summed E-state index contributed by atoms with van der Waals surface area (Å²) in [5, 5.41) is 2.42. The first-order valence-electron chi connectivity index (χ1n) is 8.18. The normalized spacial score (nSPS) is 11.2. The Hall–Kier alpha value is -3.33. The molecule has 0 N–H and O–H groups in total. The third-order valence-electron chi connectivity index (χ3n) is 4.21. The molecule has 3 aromatic carbocycles. The zero-order chi connectivity index (χ0) is 17.1. The van der Waals surface area contributed by atoms with Crippen molar-refractivity contribution >= 4 is 22.7 Å². The van der Waals surface area contributed by atoms with Crippen molar-refractivity contribution in [3.8, 4) is 11.4 Å². The van der Waals surface area contributed by atoms with Gasteiger partial charge in [-0.2, -0.15) is 0 Å². The fraction of sp³-hybridized carbons (Fsp3) is 0.0455. The molecule has 25 heavy (non-hydrogen) atoms. The number of hydrogen-bond acceptors (Lipinski definition) is 2. The van der Waals surface area contributed by atoms with E-state index in [1.54, 1.807) is 7.11 Å². The molecular formula is C22H18N2O. The molecule has 0 saturated heterocycles. The smallest absolute Gasteiger partial charge is 0.119 e. The first-order valence-corrected chi connectivity index (χ1v) is 8.18. The Morgan fingerprint density at radius 2 is 1.64 bits per heavy atom. The van der Waals surface area contributed by atoms with Crippen LogP contribution in [0.3, 0.4) is 0 Å². The van der Waals surface area contributed by atoms with Crippen LogP contribution in [0.2, 0.25) is 0 Å². The van der Waals surface area contributed by atoms with Crippen molar-refractivity contribution in [2.45, 2.75) is 0 Å². The van der Waals surface area contributed by atoms with E-state index >= 15 is 0 Å². The fourth-order valence-electron chi connectivity index (χ4n) is 2.87. The van der Waals surface area contributed by atoms with Crippen LogP contribution < -0.4 is 4.74 Å². The lowest BCUT2D eigenvalue weighted by atomic mass is 10.1. The van der Waals surface area contributed by atoms with Gasteiger partial charge in [-0.3, -0.25) is 4.99 Å². The highest BCUT2D eigenvalue weighted by Gasteiger charge is 2.02. The first-order chi connectivity index (χ1) is 12.3. The van der Waals surface area contributed by atoms with Gasteiger partial charge in [0, 0.05) is 11.9 Å². The summed E-state index contributed by atoms with van der Waals surface area (Å²) in [5.41, 5.74) is 3.05. The Kier molecular flexibility index (Phi) is 4.05. The van der Waals surface area contributed by atoms with E-state index in [1.165, 1.54) is 10.8 Å². The summed E-state index contributed by atoms with van der Waals surface area (Å²) in [6, 6.07) is 26.6. The zero-order valence-electron chi connectivity index (χ0n) is 14.0. The molecule has 3 nitrogen and oxygen atoms in total. The van der Waals surface area contributed by atoms with E-state index in [-0.39, 0.29) is 0 Å². The largest absolute Gasteiger partial charge is 0.497 e. The maximum absolute atomic E-state index is 5.22. The van der Waals surface area contributed by atoms with Crippen LogP contribution in [0, 0.1) is 0 Å². The van der Waals surface area contributed by atoms with Gasteiger partial charge in [0.05, 0.1) is 24.7 Å². The van der Waals surface area contributed by atoms with Crippen molar-refractivity contribution in [3.05, 3.63) is 90.8 Å². The van der Waals surface area contributed by atoms with Crippen LogP contribution in [-0.4, -0.2) is 17.9 Å². The Morgan fingerprint density at radius 1 is 0.840 bits per heavy atom. The second kappa shape index (κ2) is 6.65. The number of rotatable bonds is 4. The molecule has 0 bridgehead atoms. The molecule has 0 radical (unpaired) electrons. The number of nitrogens with zero attached hydrogens (tertiary/aromatic N) is 2. The van der Waals surface area contributed by atoms with Gasteiger partial charge < -0.3 is 9.30 Å². The second-order valence-corrected chi connectivity index (χ2v) is 5.79. The molecule has 1 aromatic heterocycles. The summed E-state index contributed by atoms with van der Waals surface area (Å²) in [7, 11) is 1.67. The van der Waals surface area contributed by atoms with E-state index < -0.39 is 0 Å². The molecule has 1 heterocycles. The van der Waals surface area contributed by atoms with Gasteiger partial charge in [0.1, 0.15) is 5.75 Å². The number of ether oxygens (including phenoxy) is 1. The highest BCUT2D eigenvalue weighted by atomic mass is 16.5. The quantitative estimate of drug-likeness (QED) is 0.462. The summed E-state index contributed by atoms with van der Waals surface area (Å²) >= 11 is 0. The summed E-state index contributed by atoms with van der Waals surface area (Å²) in [5.74, 6) is 0.849. The minimum atomic E-state index is 0.849. The van der Waals surface area contributed by atoms with Crippen molar-refractivity contribution in [3.63, 3.8) is 0 Å². The van der Waals surface area contributed by atoms with Crippen LogP contribution in [0.1, 0.15) is 5.69 Å². The number of aliphatic imine (C=N–C) groups is 1. The van der Waals surface area contributed by atoms with E-state index in [0.29, 0.717) is 0 Å². The minimum Gasteiger partial charge on any atom is -0.497 e. The molecule has 0 fully saturated rings. The third-order valence-corrected chi connectivity index (χ3v) is 4.21. The van der Waals surface area contributed by atoms with Gasteiger partial charge in [-0.1, -0.05) is 30.3 Å². The van der Waals surface area contributed by atoms with Gasteiger partial charge in [-0.25, -0.2) is 0 Å². The maximum Gasteiger partial charge on any atom is 0.119 e. The van der Waals surface area contributed by atoms with Crippen LogP contribution in [0.15, 0.2) is 90.1 Å². The molecule has 0 aliphatic carbocycles. The molecule has 0 unspecified atom stereocenters. The average molecular weight is 326 g/mol. The standard InChI is InChI=1S/C22H18N2O/c1-25-22-12-10-20(11-13-22)24-14-4-7-21(24)16-23-19-9-8-17-5-2-3-6-18(17)15-19/h2-16H,1H3. The lowest BCUT2D eigenvalue weighted by Gasteiger charge is -2.07. The molecule has 0 spiro atoms. The predicted octanol–water partition coefficient (Wildman–Crippen LogP) is 5.39. The van der Waals surface area contributed by atoms with E-state index in [1.807, 2.05) is 60.9 Å². The Balaban J connectivity index is 1.64. The highest BCUT2D eigenvalue weighted by Crippen LogP contribution is 2.21. The second-order valence-electron chi connectivity index (χ2n) is 5.79. The van der Waals surface area contributed by atoms with Gasteiger partial charge in [0.15, 0.2) is 0 Å². The van der Waals surface area contributed by atoms with Gasteiger partial charge >= 0.3 is 0 Å². The monoisotopic (exact) mass is 326 g/mol. The number of methoxy groups -OCH3 is 1. The van der Waals surface area contributed by atoms with Gasteiger partial charge in [-0.15, -0.1) is 0 Å². The van der Waals surface area contributed by atoms with Crippen LogP contribution in [-0.2, 0) is 0 Å². The number of aromatic nitrogens is 1. The van der Waals surface area contributed by atoms with E-state index in [2.05, 4.69) is 39.9 Å². The molecule has 4 rings (SSSR count). The summed E-state index contributed by atoms with van der Waals surface area (Å²) in [6.45, 7) is 0. The van der Waals surface area contributed by atoms with Crippen molar-refractivity contribution in [2.24, 2.45) is 4.99 Å². The molecule has 0 aliphatic heterocycles. The Bertz CT molecular complexity index is 1030. The summed E-state index contributed by atoms with van der Waals surface area (Å²) < 4.78 is 7.32. The van der Waals surface area contributed by atoms with Crippen LogP contribution >= 0.6 is 0 Å².